The Bertz CT molecular complexity index is 830. The average molecular weight is 317 g/mol. The molecule has 2 heterocycles. The number of aromatic nitrogens is 2. The second-order valence-corrected chi connectivity index (χ2v) is 5.86. The highest BCUT2D eigenvalue weighted by Crippen LogP contribution is 2.31. The Kier molecular flexibility index (Phi) is 3.75. The lowest BCUT2D eigenvalue weighted by molar-refractivity contribution is 0.861. The Morgan fingerprint density at radius 2 is 1.67 bits per heavy atom. The molecule has 0 radical (unpaired) electrons. The van der Waals surface area contributed by atoms with Gasteiger partial charge in [0.05, 0.1) is 24.1 Å². The van der Waals surface area contributed by atoms with Gasteiger partial charge in [0.25, 0.3) is 0 Å². The summed E-state index contributed by atoms with van der Waals surface area (Å²) in [6.07, 6.45) is 3.72. The molecule has 0 aliphatic carbocycles. The summed E-state index contributed by atoms with van der Waals surface area (Å²) in [5.41, 5.74) is 5.57. The first-order chi connectivity index (χ1) is 11.8. The third-order valence-corrected chi connectivity index (χ3v) is 4.21. The summed E-state index contributed by atoms with van der Waals surface area (Å²) in [4.78, 5) is 8.91. The molecule has 5 nitrogen and oxygen atoms in total. The van der Waals surface area contributed by atoms with Crippen LogP contribution >= 0.6 is 0 Å². The van der Waals surface area contributed by atoms with Crippen LogP contribution in [0.25, 0.3) is 11.1 Å². The fourth-order valence-corrected chi connectivity index (χ4v) is 2.83. The van der Waals surface area contributed by atoms with Crippen molar-refractivity contribution in [2.24, 2.45) is 0 Å². The van der Waals surface area contributed by atoms with Gasteiger partial charge in [-0.25, -0.2) is 9.97 Å². The van der Waals surface area contributed by atoms with Crippen molar-refractivity contribution in [3.8, 4) is 11.1 Å². The predicted molar refractivity (Wildman–Crippen MR) is 98.1 cm³/mol. The van der Waals surface area contributed by atoms with E-state index < -0.39 is 0 Å². The zero-order valence-corrected chi connectivity index (χ0v) is 13.5. The summed E-state index contributed by atoms with van der Waals surface area (Å²) in [6.45, 7) is 2.88. The fourth-order valence-electron chi connectivity index (χ4n) is 2.83. The van der Waals surface area contributed by atoms with Crippen LogP contribution in [0, 0.1) is 0 Å². The normalized spacial score (nSPS) is 13.5. The van der Waals surface area contributed by atoms with Crippen LogP contribution in [0.5, 0.6) is 0 Å². The van der Waals surface area contributed by atoms with E-state index in [9.17, 15) is 0 Å². The molecule has 2 aromatic carbocycles. The molecule has 3 N–H and O–H groups in total. The van der Waals surface area contributed by atoms with E-state index >= 15 is 0 Å². The largest absolute Gasteiger partial charge is 0.366 e. The molecule has 0 spiro atoms. The summed E-state index contributed by atoms with van der Waals surface area (Å²) in [7, 11) is 0. The SMILES string of the molecule is CC(Nc1ncc(-c2ccc3c(c2)NCN3)cn1)c1ccccc1. The number of hydrogen-bond acceptors (Lipinski definition) is 5. The highest BCUT2D eigenvalue weighted by Gasteiger charge is 2.11. The molecule has 0 amide bonds. The third kappa shape index (κ3) is 2.88. The molecule has 3 aromatic rings. The molecule has 0 bridgehead atoms. The first-order valence-corrected chi connectivity index (χ1v) is 8.05. The first-order valence-electron chi connectivity index (χ1n) is 8.05. The molecule has 1 atom stereocenters. The molecular formula is C19H19N5. The van der Waals surface area contributed by atoms with Gasteiger partial charge < -0.3 is 16.0 Å². The van der Waals surface area contributed by atoms with Crippen molar-refractivity contribution in [2.75, 3.05) is 22.6 Å². The minimum atomic E-state index is 0.160. The number of rotatable bonds is 4. The van der Waals surface area contributed by atoms with Gasteiger partial charge in [-0.2, -0.15) is 0 Å². The lowest BCUT2D eigenvalue weighted by atomic mass is 10.1. The summed E-state index contributed by atoms with van der Waals surface area (Å²) in [6, 6.07) is 16.7. The van der Waals surface area contributed by atoms with Gasteiger partial charge in [-0.15, -0.1) is 0 Å². The van der Waals surface area contributed by atoms with E-state index in [0.29, 0.717) is 5.95 Å². The molecule has 120 valence electrons. The van der Waals surface area contributed by atoms with Crippen LogP contribution in [0.15, 0.2) is 60.9 Å². The molecule has 0 saturated heterocycles. The van der Waals surface area contributed by atoms with Gasteiger partial charge in [-0.05, 0) is 30.2 Å². The second-order valence-electron chi connectivity index (χ2n) is 5.86. The maximum atomic E-state index is 4.46. The Labute approximate surface area is 141 Å². The fraction of sp³-hybridized carbons (Fsp3) is 0.158. The van der Waals surface area contributed by atoms with Crippen LogP contribution in [0.1, 0.15) is 18.5 Å². The number of nitrogens with one attached hydrogen (secondary N) is 3. The molecule has 1 aliphatic rings. The highest BCUT2D eigenvalue weighted by molar-refractivity contribution is 5.79. The van der Waals surface area contributed by atoms with Gasteiger partial charge in [-0.1, -0.05) is 36.4 Å². The molecule has 0 fully saturated rings. The van der Waals surface area contributed by atoms with Crippen molar-refractivity contribution < 1.29 is 0 Å². The summed E-state index contributed by atoms with van der Waals surface area (Å²) >= 11 is 0. The summed E-state index contributed by atoms with van der Waals surface area (Å²) < 4.78 is 0. The van der Waals surface area contributed by atoms with Crippen LogP contribution in [-0.2, 0) is 0 Å². The topological polar surface area (TPSA) is 61.9 Å². The number of anilines is 3. The lowest BCUT2D eigenvalue weighted by Gasteiger charge is -2.14. The molecule has 24 heavy (non-hydrogen) atoms. The zero-order chi connectivity index (χ0) is 16.4. The summed E-state index contributed by atoms with van der Waals surface area (Å²) in [5.74, 6) is 0.635. The van der Waals surface area contributed by atoms with Gasteiger partial charge in [0.1, 0.15) is 0 Å². The molecular weight excluding hydrogens is 298 g/mol. The molecule has 5 heteroatoms. The van der Waals surface area contributed by atoms with Gasteiger partial charge in [-0.3, -0.25) is 0 Å². The minimum Gasteiger partial charge on any atom is -0.366 e. The smallest absolute Gasteiger partial charge is 0.223 e. The molecule has 1 unspecified atom stereocenters. The Morgan fingerprint density at radius 1 is 0.917 bits per heavy atom. The van der Waals surface area contributed by atoms with Crippen LogP contribution in [-0.4, -0.2) is 16.6 Å². The molecule has 0 saturated carbocycles. The second kappa shape index (κ2) is 6.20. The van der Waals surface area contributed by atoms with E-state index in [-0.39, 0.29) is 6.04 Å². The van der Waals surface area contributed by atoms with Crippen LogP contribution in [0.3, 0.4) is 0 Å². The van der Waals surface area contributed by atoms with Gasteiger partial charge in [0.2, 0.25) is 5.95 Å². The lowest BCUT2D eigenvalue weighted by Crippen LogP contribution is -2.09. The Hall–Kier alpha value is -3.08. The van der Waals surface area contributed by atoms with Crippen molar-refractivity contribution in [3.05, 3.63) is 66.5 Å². The number of fused-ring (bicyclic) bond motifs is 1. The van der Waals surface area contributed by atoms with Crippen molar-refractivity contribution in [2.45, 2.75) is 13.0 Å². The third-order valence-electron chi connectivity index (χ3n) is 4.21. The number of hydrogen-bond donors (Lipinski definition) is 3. The molecule has 4 rings (SSSR count). The minimum absolute atomic E-state index is 0.160. The molecule has 1 aromatic heterocycles. The quantitative estimate of drug-likeness (QED) is 0.676. The van der Waals surface area contributed by atoms with E-state index in [1.54, 1.807) is 0 Å². The van der Waals surface area contributed by atoms with E-state index in [4.69, 9.17) is 0 Å². The van der Waals surface area contributed by atoms with Gasteiger partial charge in [0, 0.05) is 18.0 Å². The highest BCUT2D eigenvalue weighted by atomic mass is 15.1. The average Bonchev–Trinajstić information content (AvgIpc) is 3.11. The predicted octanol–water partition coefficient (Wildman–Crippen LogP) is 4.11. The van der Waals surface area contributed by atoms with Crippen molar-refractivity contribution >= 4 is 17.3 Å². The van der Waals surface area contributed by atoms with Crippen LogP contribution < -0.4 is 16.0 Å². The van der Waals surface area contributed by atoms with E-state index in [1.807, 2.05) is 30.6 Å². The van der Waals surface area contributed by atoms with Crippen molar-refractivity contribution in [3.63, 3.8) is 0 Å². The monoisotopic (exact) mass is 317 g/mol. The number of benzene rings is 2. The molecule has 1 aliphatic heterocycles. The van der Waals surface area contributed by atoms with Crippen LogP contribution in [0.4, 0.5) is 17.3 Å². The Morgan fingerprint density at radius 3 is 2.46 bits per heavy atom. The number of nitrogens with zero attached hydrogens (tertiary/aromatic N) is 2. The van der Waals surface area contributed by atoms with Gasteiger partial charge in [0.15, 0.2) is 0 Å². The maximum Gasteiger partial charge on any atom is 0.223 e. The van der Waals surface area contributed by atoms with Crippen molar-refractivity contribution in [1.29, 1.82) is 0 Å². The maximum absolute atomic E-state index is 4.46. The standard InChI is InChI=1S/C19H19N5/c1-13(14-5-3-2-4-6-14)24-19-20-10-16(11-21-19)15-7-8-17-18(9-15)23-12-22-17/h2-11,13,22-23H,12H2,1H3,(H,20,21,24). The zero-order valence-electron chi connectivity index (χ0n) is 13.5. The van der Waals surface area contributed by atoms with E-state index in [1.165, 1.54) is 5.56 Å². The van der Waals surface area contributed by atoms with E-state index in [0.717, 1.165) is 29.2 Å². The van der Waals surface area contributed by atoms with E-state index in [2.05, 4.69) is 63.2 Å². The Balaban J connectivity index is 1.50. The van der Waals surface area contributed by atoms with Crippen molar-refractivity contribution in [1.82, 2.24) is 9.97 Å². The first kappa shape index (κ1) is 14.5. The van der Waals surface area contributed by atoms with Gasteiger partial charge >= 0.3 is 0 Å². The van der Waals surface area contributed by atoms with Crippen LogP contribution in [0.2, 0.25) is 0 Å². The summed E-state index contributed by atoms with van der Waals surface area (Å²) in [5, 5.41) is 9.91.